The van der Waals surface area contributed by atoms with Gasteiger partial charge < -0.3 is 5.32 Å². The molecule has 1 atom stereocenters. The molecule has 124 valence electrons. The van der Waals surface area contributed by atoms with Gasteiger partial charge in [0.2, 0.25) is 5.91 Å². The number of sulfone groups is 1. The van der Waals surface area contributed by atoms with Crippen molar-refractivity contribution in [2.75, 3.05) is 12.3 Å². The van der Waals surface area contributed by atoms with E-state index in [4.69, 9.17) is 0 Å². The Kier molecular flexibility index (Phi) is 6.11. The highest BCUT2D eigenvalue weighted by atomic mass is 32.2. The highest BCUT2D eigenvalue weighted by molar-refractivity contribution is 7.92. The van der Waals surface area contributed by atoms with Crippen molar-refractivity contribution in [2.45, 2.75) is 45.3 Å². The van der Waals surface area contributed by atoms with Crippen molar-refractivity contribution in [2.24, 2.45) is 5.92 Å². The van der Waals surface area contributed by atoms with Gasteiger partial charge in [0.05, 0.1) is 22.1 Å². The van der Waals surface area contributed by atoms with Crippen molar-refractivity contribution < 1.29 is 13.2 Å². The quantitative estimate of drug-likeness (QED) is 0.869. The van der Waals surface area contributed by atoms with Crippen LogP contribution in [0.25, 0.3) is 0 Å². The van der Waals surface area contributed by atoms with E-state index in [0.717, 1.165) is 0 Å². The van der Waals surface area contributed by atoms with Gasteiger partial charge in [0.1, 0.15) is 0 Å². The van der Waals surface area contributed by atoms with Gasteiger partial charge in [-0.2, -0.15) is 0 Å². The molecule has 1 heterocycles. The van der Waals surface area contributed by atoms with Gasteiger partial charge in [0.25, 0.3) is 0 Å². The van der Waals surface area contributed by atoms with Crippen LogP contribution in [0.5, 0.6) is 0 Å². The zero-order chi connectivity index (χ0) is 17.0. The molecule has 6 heteroatoms. The second-order valence-corrected chi connectivity index (χ2v) is 9.56. The van der Waals surface area contributed by atoms with Crippen LogP contribution >= 0.6 is 0 Å². The molecule has 0 radical (unpaired) electrons. The molecule has 22 heavy (non-hydrogen) atoms. The third-order valence-electron chi connectivity index (χ3n) is 3.56. The maximum absolute atomic E-state index is 12.4. The summed E-state index contributed by atoms with van der Waals surface area (Å²) in [4.78, 5) is 16.6. The average Bonchev–Trinajstić information content (AvgIpc) is 2.38. The van der Waals surface area contributed by atoms with Crippen LogP contribution in [0.4, 0.5) is 0 Å². The van der Waals surface area contributed by atoms with E-state index in [1.807, 2.05) is 26.0 Å². The minimum absolute atomic E-state index is 0.0602. The Hall–Kier alpha value is -1.43. The van der Waals surface area contributed by atoms with Gasteiger partial charge in [-0.05, 0) is 38.8 Å². The number of rotatable bonds is 6. The molecule has 1 aromatic rings. The number of pyridine rings is 1. The van der Waals surface area contributed by atoms with E-state index in [-0.39, 0.29) is 30.0 Å². The number of aromatic nitrogens is 1. The van der Waals surface area contributed by atoms with Gasteiger partial charge in [-0.1, -0.05) is 19.9 Å². The maximum Gasteiger partial charge on any atom is 0.229 e. The lowest BCUT2D eigenvalue weighted by Gasteiger charge is -2.22. The Morgan fingerprint density at radius 3 is 2.36 bits per heavy atom. The highest BCUT2D eigenvalue weighted by Gasteiger charge is 2.29. The predicted octanol–water partition coefficient (Wildman–Crippen LogP) is 2.15. The zero-order valence-corrected chi connectivity index (χ0v) is 14.8. The van der Waals surface area contributed by atoms with Crippen molar-refractivity contribution in [1.29, 1.82) is 0 Å². The van der Waals surface area contributed by atoms with E-state index >= 15 is 0 Å². The van der Waals surface area contributed by atoms with E-state index in [9.17, 15) is 13.2 Å². The van der Waals surface area contributed by atoms with Crippen LogP contribution in [-0.2, 0) is 14.6 Å². The average molecular weight is 326 g/mol. The molecule has 0 aliphatic carbocycles. The van der Waals surface area contributed by atoms with Gasteiger partial charge in [-0.25, -0.2) is 8.42 Å². The minimum Gasteiger partial charge on any atom is -0.354 e. The summed E-state index contributed by atoms with van der Waals surface area (Å²) in [5, 5.41) is 2.73. The number of carbonyl (C=O) groups is 1. The Morgan fingerprint density at radius 1 is 1.27 bits per heavy atom. The third kappa shape index (κ3) is 4.80. The summed E-state index contributed by atoms with van der Waals surface area (Å²) in [6, 6.07) is 5.46. The van der Waals surface area contributed by atoms with E-state index in [1.54, 1.807) is 33.0 Å². The number of hydrogen-bond donors (Lipinski definition) is 1. The van der Waals surface area contributed by atoms with Crippen LogP contribution in [0.3, 0.4) is 0 Å². The molecule has 0 spiro atoms. The number of carbonyl (C=O) groups excluding carboxylic acids is 1. The van der Waals surface area contributed by atoms with E-state index in [0.29, 0.717) is 5.69 Å². The van der Waals surface area contributed by atoms with Crippen LogP contribution < -0.4 is 5.32 Å². The van der Waals surface area contributed by atoms with Crippen LogP contribution in [-0.4, -0.2) is 36.4 Å². The first-order valence-electron chi connectivity index (χ1n) is 7.47. The van der Waals surface area contributed by atoms with Crippen molar-refractivity contribution >= 4 is 15.7 Å². The van der Waals surface area contributed by atoms with Crippen molar-refractivity contribution in [3.63, 3.8) is 0 Å². The smallest absolute Gasteiger partial charge is 0.229 e. The first-order valence-corrected chi connectivity index (χ1v) is 9.12. The van der Waals surface area contributed by atoms with Crippen LogP contribution in [0.15, 0.2) is 24.4 Å². The molecule has 0 fully saturated rings. The first kappa shape index (κ1) is 18.6. The summed E-state index contributed by atoms with van der Waals surface area (Å²) < 4.78 is 23.3. The van der Waals surface area contributed by atoms with Gasteiger partial charge in [0, 0.05) is 12.7 Å². The highest BCUT2D eigenvalue weighted by Crippen LogP contribution is 2.22. The molecular formula is C16H26N2O3S. The predicted molar refractivity (Wildman–Crippen MR) is 88.4 cm³/mol. The number of nitrogens with one attached hydrogen (secondary N) is 1. The largest absolute Gasteiger partial charge is 0.354 e. The molecule has 0 aromatic carbocycles. The molecule has 0 aliphatic heterocycles. The Labute approximate surface area is 133 Å². The first-order chi connectivity index (χ1) is 10.1. The summed E-state index contributed by atoms with van der Waals surface area (Å²) in [6.07, 6.45) is 1.65. The molecule has 5 nitrogen and oxygen atoms in total. The fourth-order valence-electron chi connectivity index (χ4n) is 2.06. The molecule has 0 saturated carbocycles. The normalized spacial score (nSPS) is 13.9. The van der Waals surface area contributed by atoms with Crippen LogP contribution in [0, 0.1) is 5.92 Å². The Morgan fingerprint density at radius 2 is 1.91 bits per heavy atom. The summed E-state index contributed by atoms with van der Waals surface area (Å²) in [7, 11) is -3.23. The second kappa shape index (κ2) is 7.22. The lowest BCUT2D eigenvalue weighted by atomic mass is 9.91. The van der Waals surface area contributed by atoms with Crippen LogP contribution in [0.2, 0.25) is 0 Å². The van der Waals surface area contributed by atoms with Crippen molar-refractivity contribution in [3.05, 3.63) is 30.1 Å². The van der Waals surface area contributed by atoms with E-state index in [2.05, 4.69) is 10.3 Å². The summed E-state index contributed by atoms with van der Waals surface area (Å²) in [6.45, 7) is 9.00. The maximum atomic E-state index is 12.4. The second-order valence-electron chi connectivity index (χ2n) is 6.70. The van der Waals surface area contributed by atoms with Gasteiger partial charge in [-0.3, -0.25) is 9.78 Å². The Balaban J connectivity index is 2.71. The van der Waals surface area contributed by atoms with Gasteiger partial charge in [-0.15, -0.1) is 0 Å². The van der Waals surface area contributed by atoms with Gasteiger partial charge >= 0.3 is 0 Å². The number of nitrogens with zero attached hydrogens (tertiary/aromatic N) is 1. The summed E-state index contributed by atoms with van der Waals surface area (Å²) >= 11 is 0. The minimum atomic E-state index is -3.23. The summed E-state index contributed by atoms with van der Waals surface area (Å²) in [5.74, 6) is -0.541. The molecule has 0 aliphatic rings. The van der Waals surface area contributed by atoms with Crippen molar-refractivity contribution in [3.8, 4) is 0 Å². The van der Waals surface area contributed by atoms with E-state index < -0.39 is 14.6 Å². The SMILES string of the molecule is CC(C)[C@@H](C(=O)NCCS(=O)(=O)C(C)(C)C)c1ccccn1. The monoisotopic (exact) mass is 326 g/mol. The van der Waals surface area contributed by atoms with Crippen molar-refractivity contribution in [1.82, 2.24) is 10.3 Å². The summed E-state index contributed by atoms with van der Waals surface area (Å²) in [5.41, 5.74) is 0.702. The Bertz CT molecular complexity index is 590. The molecule has 1 amide bonds. The lowest BCUT2D eigenvalue weighted by molar-refractivity contribution is -0.123. The molecular weight excluding hydrogens is 300 g/mol. The fraction of sp³-hybridized carbons (Fsp3) is 0.625. The molecule has 1 rings (SSSR count). The fourth-order valence-corrected chi connectivity index (χ4v) is 3.05. The van der Waals surface area contributed by atoms with E-state index in [1.165, 1.54) is 0 Å². The van der Waals surface area contributed by atoms with Crippen LogP contribution in [0.1, 0.15) is 46.2 Å². The van der Waals surface area contributed by atoms with Gasteiger partial charge in [0.15, 0.2) is 9.84 Å². The lowest BCUT2D eigenvalue weighted by Crippen LogP contribution is -2.39. The molecule has 0 saturated heterocycles. The standard InChI is InChI=1S/C16H26N2O3S/c1-12(2)14(13-8-6-7-9-17-13)15(19)18-10-11-22(20,21)16(3,4)5/h6-9,12,14H,10-11H2,1-5H3,(H,18,19)/t14-/m1/s1. The zero-order valence-electron chi connectivity index (χ0n) is 14.0. The molecule has 0 bridgehead atoms. The topological polar surface area (TPSA) is 76.1 Å². The number of amides is 1. The molecule has 1 N–H and O–H groups in total. The third-order valence-corrected chi connectivity index (χ3v) is 6.17. The number of hydrogen-bond acceptors (Lipinski definition) is 4. The molecule has 1 aromatic heterocycles. The molecule has 0 unspecified atom stereocenters.